The minimum Gasteiger partial charge on any atom is -0.489 e. The van der Waals surface area contributed by atoms with E-state index in [2.05, 4.69) is 9.44 Å². The summed E-state index contributed by atoms with van der Waals surface area (Å²) in [4.78, 5) is 0. The number of benzene rings is 4. The molecule has 58 heavy (non-hydrogen) atoms. The van der Waals surface area contributed by atoms with E-state index in [9.17, 15) is 44.6 Å². The van der Waals surface area contributed by atoms with Crippen LogP contribution in [0.1, 0.15) is 88.5 Å². The smallest absolute Gasteiger partial charge is 0.214 e. The van der Waals surface area contributed by atoms with Crippen molar-refractivity contribution in [1.29, 1.82) is 0 Å². The predicted molar refractivity (Wildman–Crippen MR) is 212 cm³/mol. The third kappa shape index (κ3) is 11.2. The maximum absolute atomic E-state index is 13.3. The van der Waals surface area contributed by atoms with E-state index in [0.717, 1.165) is 12.1 Å². The number of nitrogens with one attached hydrogen (secondary N) is 2. The normalized spacial score (nSPS) is 22.2. The Morgan fingerprint density at radius 2 is 0.897 bits per heavy atom. The maximum atomic E-state index is 13.3. The predicted octanol–water partition coefficient (Wildman–Crippen LogP) is 7.22. The number of hydrogen-bond donors (Lipinski definition) is 4. The largest absolute Gasteiger partial charge is 0.489 e. The van der Waals surface area contributed by atoms with Gasteiger partial charge < -0.3 is 19.7 Å². The molecule has 4 N–H and O–H groups in total. The second-order valence-electron chi connectivity index (χ2n) is 15.3. The summed E-state index contributed by atoms with van der Waals surface area (Å²) in [6, 6.07) is 18.5. The van der Waals surface area contributed by atoms with Crippen LogP contribution < -0.4 is 18.9 Å². The first-order chi connectivity index (χ1) is 27.2. The van der Waals surface area contributed by atoms with Gasteiger partial charge in [0.05, 0.1) is 22.6 Å². The molecular weight excluding hydrogens is 801 g/mol. The monoisotopic (exact) mass is 850 g/mol. The second kappa shape index (κ2) is 18.5. The molecule has 6 rings (SSSR count). The van der Waals surface area contributed by atoms with Gasteiger partial charge >= 0.3 is 0 Å². The van der Waals surface area contributed by atoms with E-state index in [0.29, 0.717) is 72.3 Å². The third-order valence-corrected chi connectivity index (χ3v) is 14.2. The van der Waals surface area contributed by atoms with Crippen LogP contribution in [0.2, 0.25) is 0 Å². The molecule has 0 bridgehead atoms. The SMILES string of the molecule is CC(C)S(=O)(=O)N[C@H]1CCC[C@@]1(O)c1ccc(OCc2cc(F)cc(F)c2)cc1.CC(C)S(=O)(=O)N[C@H]1CCC[C@]1(O)c1ccc(OCc2cc(F)cc(F)c2)cc1. The van der Waals surface area contributed by atoms with Crippen molar-refractivity contribution < 1.29 is 54.1 Å². The van der Waals surface area contributed by atoms with Gasteiger partial charge in [0.25, 0.3) is 0 Å². The van der Waals surface area contributed by atoms with E-state index < -0.39 is 77.1 Å². The van der Waals surface area contributed by atoms with Gasteiger partial charge in [0.15, 0.2) is 0 Å². The van der Waals surface area contributed by atoms with Crippen LogP contribution in [0.25, 0.3) is 0 Å². The van der Waals surface area contributed by atoms with Gasteiger partial charge in [-0.25, -0.2) is 43.8 Å². The molecule has 16 heteroatoms. The van der Waals surface area contributed by atoms with Crippen molar-refractivity contribution in [3.8, 4) is 11.5 Å². The molecule has 2 aliphatic rings. The third-order valence-electron chi connectivity index (χ3n) is 10.5. The summed E-state index contributed by atoms with van der Waals surface area (Å²) in [5.74, 6) is -1.73. The molecule has 4 atom stereocenters. The van der Waals surface area contributed by atoms with Crippen LogP contribution in [-0.2, 0) is 44.5 Å². The first kappa shape index (κ1) is 45.0. The summed E-state index contributed by atoms with van der Waals surface area (Å²) in [5.41, 5.74) is -0.683. The summed E-state index contributed by atoms with van der Waals surface area (Å²) < 4.78 is 118. The van der Waals surface area contributed by atoms with Gasteiger partial charge in [-0.1, -0.05) is 24.3 Å². The Hall–Kier alpha value is -4.06. The summed E-state index contributed by atoms with van der Waals surface area (Å²) in [7, 11) is -7.02. The number of aliphatic hydroxyl groups is 2. The molecule has 4 aromatic rings. The first-order valence-electron chi connectivity index (χ1n) is 19.0. The van der Waals surface area contributed by atoms with E-state index in [1.807, 2.05) is 0 Å². The molecule has 0 radical (unpaired) electrons. The van der Waals surface area contributed by atoms with Gasteiger partial charge in [0, 0.05) is 12.1 Å². The molecule has 0 aliphatic heterocycles. The molecule has 0 saturated heterocycles. The molecule has 4 aromatic carbocycles. The van der Waals surface area contributed by atoms with E-state index >= 15 is 0 Å². The van der Waals surface area contributed by atoms with Gasteiger partial charge in [0.2, 0.25) is 20.0 Å². The standard InChI is InChI=1S/2C21H25F2NO4S/c2*1-14(2)29(26,27)24-20-4-3-9-21(20,25)16-5-7-19(8-6-16)28-13-15-10-17(22)12-18(23)11-15/h2*5-8,10-12,14,20,24-25H,3-4,9,13H2,1-2H3/t20-,21+;20-,21-/m00/s1. The van der Waals surface area contributed by atoms with E-state index in [1.165, 1.54) is 24.3 Å². The summed E-state index contributed by atoms with van der Waals surface area (Å²) in [6.07, 6.45) is 3.39. The minimum atomic E-state index is -3.51. The topological polar surface area (TPSA) is 151 Å². The highest BCUT2D eigenvalue weighted by Gasteiger charge is 2.46. The molecule has 2 aliphatic carbocycles. The Morgan fingerprint density at radius 3 is 1.19 bits per heavy atom. The zero-order valence-corrected chi connectivity index (χ0v) is 34.4. The molecule has 0 aromatic heterocycles. The van der Waals surface area contributed by atoms with Gasteiger partial charge in [-0.2, -0.15) is 0 Å². The number of ether oxygens (including phenoxy) is 2. The number of sulfonamides is 2. The van der Waals surface area contributed by atoms with Crippen LogP contribution >= 0.6 is 0 Å². The minimum absolute atomic E-state index is 0.00485. The van der Waals surface area contributed by atoms with Crippen molar-refractivity contribution in [2.45, 2.75) is 113 Å². The van der Waals surface area contributed by atoms with Crippen LogP contribution in [0.15, 0.2) is 84.9 Å². The van der Waals surface area contributed by atoms with Crippen LogP contribution in [0.5, 0.6) is 11.5 Å². The zero-order valence-electron chi connectivity index (χ0n) is 32.7. The van der Waals surface area contributed by atoms with Crippen LogP contribution in [0.3, 0.4) is 0 Å². The molecule has 2 saturated carbocycles. The van der Waals surface area contributed by atoms with E-state index in [-0.39, 0.29) is 13.2 Å². The Bertz CT molecular complexity index is 2040. The molecule has 316 valence electrons. The molecular formula is C42H50F4N2O8S2. The van der Waals surface area contributed by atoms with Gasteiger partial charge in [-0.05, 0) is 137 Å². The average molecular weight is 851 g/mol. The van der Waals surface area contributed by atoms with Crippen LogP contribution in [0, 0.1) is 23.3 Å². The molecule has 0 heterocycles. The summed E-state index contributed by atoms with van der Waals surface area (Å²) in [6.45, 7) is 6.35. The van der Waals surface area contributed by atoms with Gasteiger partial charge in [0.1, 0.15) is 59.2 Å². The molecule has 0 amide bonds. The lowest BCUT2D eigenvalue weighted by Gasteiger charge is -2.31. The van der Waals surface area contributed by atoms with Crippen molar-refractivity contribution in [2.75, 3.05) is 0 Å². The highest BCUT2D eigenvalue weighted by atomic mass is 32.2. The Labute approximate surface area is 337 Å². The molecule has 0 unspecified atom stereocenters. The average Bonchev–Trinajstić information content (AvgIpc) is 3.71. The summed E-state index contributed by atoms with van der Waals surface area (Å²) >= 11 is 0. The lowest BCUT2D eigenvalue weighted by atomic mass is 9.89. The van der Waals surface area contributed by atoms with Crippen LogP contribution in [-0.4, -0.2) is 49.6 Å². The fourth-order valence-corrected chi connectivity index (χ4v) is 9.01. The van der Waals surface area contributed by atoms with Crippen LogP contribution in [0.4, 0.5) is 17.6 Å². The Kier molecular flexibility index (Phi) is 14.3. The van der Waals surface area contributed by atoms with Gasteiger partial charge in [-0.15, -0.1) is 0 Å². The lowest BCUT2D eigenvalue weighted by Crippen LogP contribution is -2.48. The molecule has 0 spiro atoms. The Balaban J connectivity index is 0.000000221. The second-order valence-corrected chi connectivity index (χ2v) is 19.9. The fourth-order valence-electron chi connectivity index (χ4n) is 7.05. The number of hydrogen-bond acceptors (Lipinski definition) is 8. The van der Waals surface area contributed by atoms with Crippen molar-refractivity contribution in [2.24, 2.45) is 0 Å². The highest BCUT2D eigenvalue weighted by Crippen LogP contribution is 2.41. The number of rotatable bonds is 14. The maximum Gasteiger partial charge on any atom is 0.214 e. The van der Waals surface area contributed by atoms with Crippen molar-refractivity contribution >= 4 is 20.0 Å². The van der Waals surface area contributed by atoms with E-state index in [4.69, 9.17) is 9.47 Å². The van der Waals surface area contributed by atoms with E-state index in [1.54, 1.807) is 76.2 Å². The highest BCUT2D eigenvalue weighted by molar-refractivity contribution is 7.90. The summed E-state index contributed by atoms with van der Waals surface area (Å²) in [5, 5.41) is 21.2. The van der Waals surface area contributed by atoms with Crippen molar-refractivity contribution in [3.05, 3.63) is 130 Å². The number of halogens is 4. The zero-order chi connectivity index (χ0) is 42.5. The lowest BCUT2D eigenvalue weighted by molar-refractivity contribution is 0.0228. The quantitative estimate of drug-likeness (QED) is 0.0972. The van der Waals surface area contributed by atoms with Crippen molar-refractivity contribution in [1.82, 2.24) is 9.44 Å². The molecule has 10 nitrogen and oxygen atoms in total. The Morgan fingerprint density at radius 1 is 0.586 bits per heavy atom. The first-order valence-corrected chi connectivity index (χ1v) is 22.1. The fraction of sp³-hybridized carbons (Fsp3) is 0.429. The van der Waals surface area contributed by atoms with Gasteiger partial charge in [-0.3, -0.25) is 0 Å². The molecule has 2 fully saturated rings. The van der Waals surface area contributed by atoms with Crippen molar-refractivity contribution in [3.63, 3.8) is 0 Å².